The van der Waals surface area contributed by atoms with Crippen LogP contribution in [-0.2, 0) is 4.79 Å². The molecule has 1 aliphatic rings. The summed E-state index contributed by atoms with van der Waals surface area (Å²) in [5.74, 6) is 0.133. The highest BCUT2D eigenvalue weighted by Gasteiger charge is 2.25. The summed E-state index contributed by atoms with van der Waals surface area (Å²) in [4.78, 5) is 24.6. The lowest BCUT2D eigenvalue weighted by atomic mass is 9.94. The second kappa shape index (κ2) is 8.36. The molecule has 0 radical (unpaired) electrons. The van der Waals surface area contributed by atoms with Crippen molar-refractivity contribution in [2.75, 3.05) is 13.1 Å². The maximum absolute atomic E-state index is 12.1. The van der Waals surface area contributed by atoms with Gasteiger partial charge in [0.05, 0.1) is 4.88 Å². The molecule has 0 aliphatic carbocycles. The van der Waals surface area contributed by atoms with Crippen molar-refractivity contribution in [1.82, 2.24) is 16.0 Å². The van der Waals surface area contributed by atoms with Crippen molar-refractivity contribution in [2.24, 2.45) is 5.92 Å². The summed E-state index contributed by atoms with van der Waals surface area (Å²) >= 11 is 1.37. The van der Waals surface area contributed by atoms with Crippen LogP contribution in [0.1, 0.15) is 29.9 Å². The molecule has 0 saturated carbocycles. The van der Waals surface area contributed by atoms with E-state index < -0.39 is 6.04 Å². The first-order valence-electron chi connectivity index (χ1n) is 6.93. The molecule has 5 nitrogen and oxygen atoms in total. The van der Waals surface area contributed by atoms with Crippen molar-refractivity contribution in [3.8, 4) is 0 Å². The number of rotatable bonds is 4. The van der Waals surface area contributed by atoms with Gasteiger partial charge in [0.25, 0.3) is 5.91 Å². The topological polar surface area (TPSA) is 70.2 Å². The van der Waals surface area contributed by atoms with Gasteiger partial charge in [0.1, 0.15) is 6.04 Å². The highest BCUT2D eigenvalue weighted by Crippen LogP contribution is 2.11. The first-order chi connectivity index (χ1) is 9.58. The standard InChI is InChI=1S/C14H21N3O2S.ClH/c1-9-5-6-15-8-11(9)17-13(18)10(2)16-14(19)12-4-3-7-20-12;/h3-4,7,9-11,15H,5-6,8H2,1-2H3,(H,16,19)(H,17,18);1H. The largest absolute Gasteiger partial charge is 0.350 e. The number of hydrogen-bond acceptors (Lipinski definition) is 4. The van der Waals surface area contributed by atoms with Crippen molar-refractivity contribution >= 4 is 35.6 Å². The Bertz CT molecular complexity index is 467. The fraction of sp³-hybridized carbons (Fsp3) is 0.571. The average molecular weight is 332 g/mol. The molecule has 7 heteroatoms. The van der Waals surface area contributed by atoms with Gasteiger partial charge in [-0.25, -0.2) is 0 Å². The van der Waals surface area contributed by atoms with E-state index in [1.807, 2.05) is 11.4 Å². The number of thiophene rings is 1. The molecule has 2 rings (SSSR count). The van der Waals surface area contributed by atoms with E-state index in [1.165, 1.54) is 11.3 Å². The minimum atomic E-state index is -0.529. The van der Waals surface area contributed by atoms with Crippen LogP contribution < -0.4 is 16.0 Å². The van der Waals surface area contributed by atoms with E-state index in [1.54, 1.807) is 13.0 Å². The summed E-state index contributed by atoms with van der Waals surface area (Å²) in [5, 5.41) is 10.8. The number of piperidine rings is 1. The molecule has 1 aromatic heterocycles. The molecule has 1 fully saturated rings. The Morgan fingerprint density at radius 1 is 1.48 bits per heavy atom. The fourth-order valence-corrected chi connectivity index (χ4v) is 2.86. The SMILES string of the molecule is CC(NC(=O)c1cccs1)C(=O)NC1CNCCC1C.Cl. The van der Waals surface area contributed by atoms with Gasteiger partial charge >= 0.3 is 0 Å². The summed E-state index contributed by atoms with van der Waals surface area (Å²) in [6, 6.07) is 3.17. The third-order valence-corrected chi connectivity index (χ3v) is 4.51. The van der Waals surface area contributed by atoms with Gasteiger partial charge < -0.3 is 16.0 Å². The Hall–Kier alpha value is -1.11. The van der Waals surface area contributed by atoms with Crippen LogP contribution in [0.4, 0.5) is 0 Å². The van der Waals surface area contributed by atoms with E-state index >= 15 is 0 Å². The second-order valence-corrected chi connectivity index (χ2v) is 6.21. The van der Waals surface area contributed by atoms with Gasteiger partial charge in [-0.3, -0.25) is 9.59 Å². The zero-order chi connectivity index (χ0) is 14.5. The van der Waals surface area contributed by atoms with Crippen molar-refractivity contribution < 1.29 is 9.59 Å². The first kappa shape index (κ1) is 17.9. The monoisotopic (exact) mass is 331 g/mol. The molecule has 1 aliphatic heterocycles. The van der Waals surface area contributed by atoms with Crippen LogP contribution in [0.25, 0.3) is 0 Å². The number of nitrogens with one attached hydrogen (secondary N) is 3. The van der Waals surface area contributed by atoms with Crippen molar-refractivity contribution in [1.29, 1.82) is 0 Å². The number of amides is 2. The number of carbonyl (C=O) groups excluding carboxylic acids is 2. The Kier molecular flexibility index (Phi) is 7.14. The smallest absolute Gasteiger partial charge is 0.261 e. The highest BCUT2D eigenvalue weighted by atomic mass is 35.5. The van der Waals surface area contributed by atoms with Gasteiger partial charge in [0.2, 0.25) is 5.91 Å². The average Bonchev–Trinajstić information content (AvgIpc) is 2.95. The van der Waals surface area contributed by atoms with Crippen LogP contribution in [0.3, 0.4) is 0 Å². The molecule has 1 aromatic rings. The normalized spacial score (nSPS) is 22.8. The van der Waals surface area contributed by atoms with Crippen LogP contribution >= 0.6 is 23.7 Å². The quantitative estimate of drug-likeness (QED) is 0.781. The molecule has 3 atom stereocenters. The van der Waals surface area contributed by atoms with E-state index in [2.05, 4.69) is 22.9 Å². The molecule has 21 heavy (non-hydrogen) atoms. The molecular weight excluding hydrogens is 310 g/mol. The van der Waals surface area contributed by atoms with Crippen LogP contribution in [0, 0.1) is 5.92 Å². The van der Waals surface area contributed by atoms with Crippen LogP contribution in [-0.4, -0.2) is 37.0 Å². The van der Waals surface area contributed by atoms with E-state index in [0.717, 1.165) is 19.5 Å². The Morgan fingerprint density at radius 3 is 2.86 bits per heavy atom. The molecule has 2 amide bonds. The van der Waals surface area contributed by atoms with Crippen LogP contribution in [0.15, 0.2) is 17.5 Å². The zero-order valence-corrected chi connectivity index (χ0v) is 13.9. The van der Waals surface area contributed by atoms with E-state index in [-0.39, 0.29) is 30.3 Å². The van der Waals surface area contributed by atoms with Gasteiger partial charge in [-0.1, -0.05) is 13.0 Å². The zero-order valence-electron chi connectivity index (χ0n) is 12.2. The van der Waals surface area contributed by atoms with Gasteiger partial charge in [0.15, 0.2) is 0 Å². The van der Waals surface area contributed by atoms with Crippen molar-refractivity contribution in [3.05, 3.63) is 22.4 Å². The third-order valence-electron chi connectivity index (χ3n) is 3.64. The lowest BCUT2D eigenvalue weighted by molar-refractivity contribution is -0.123. The van der Waals surface area contributed by atoms with Crippen LogP contribution in [0.5, 0.6) is 0 Å². The number of carbonyl (C=O) groups is 2. The van der Waals surface area contributed by atoms with Gasteiger partial charge in [0, 0.05) is 12.6 Å². The predicted molar refractivity (Wildman–Crippen MR) is 87.1 cm³/mol. The minimum Gasteiger partial charge on any atom is -0.350 e. The molecule has 3 unspecified atom stereocenters. The maximum Gasteiger partial charge on any atom is 0.261 e. The molecular formula is C14H22ClN3O2S. The molecule has 3 N–H and O–H groups in total. The molecule has 0 spiro atoms. The van der Waals surface area contributed by atoms with Gasteiger partial charge in [-0.2, -0.15) is 0 Å². The first-order valence-corrected chi connectivity index (χ1v) is 7.81. The Labute approximate surface area is 135 Å². The minimum absolute atomic E-state index is 0. The maximum atomic E-state index is 12.1. The van der Waals surface area contributed by atoms with Crippen molar-refractivity contribution in [2.45, 2.75) is 32.4 Å². The summed E-state index contributed by atoms with van der Waals surface area (Å²) < 4.78 is 0. The lowest BCUT2D eigenvalue weighted by Crippen LogP contribution is -2.54. The summed E-state index contributed by atoms with van der Waals surface area (Å²) in [6.07, 6.45) is 1.06. The van der Waals surface area contributed by atoms with Crippen molar-refractivity contribution in [3.63, 3.8) is 0 Å². The molecule has 0 bridgehead atoms. The summed E-state index contributed by atoms with van der Waals surface area (Å²) in [6.45, 7) is 5.64. The van der Waals surface area contributed by atoms with Crippen LogP contribution in [0.2, 0.25) is 0 Å². The Balaban J connectivity index is 0.00000220. The molecule has 2 heterocycles. The Morgan fingerprint density at radius 2 is 2.24 bits per heavy atom. The highest BCUT2D eigenvalue weighted by molar-refractivity contribution is 7.12. The molecule has 118 valence electrons. The van der Waals surface area contributed by atoms with Gasteiger partial charge in [-0.05, 0) is 37.3 Å². The second-order valence-electron chi connectivity index (χ2n) is 5.26. The third kappa shape index (κ3) is 4.98. The molecule has 0 aromatic carbocycles. The fourth-order valence-electron chi connectivity index (χ4n) is 2.23. The number of hydrogen-bond donors (Lipinski definition) is 3. The van der Waals surface area contributed by atoms with Gasteiger partial charge in [-0.15, -0.1) is 23.7 Å². The predicted octanol–water partition coefficient (Wildman–Crippen LogP) is 1.40. The summed E-state index contributed by atoms with van der Waals surface area (Å²) in [5.41, 5.74) is 0. The molecule has 1 saturated heterocycles. The summed E-state index contributed by atoms with van der Waals surface area (Å²) in [7, 11) is 0. The van der Waals surface area contributed by atoms with E-state index in [9.17, 15) is 9.59 Å². The number of halogens is 1. The lowest BCUT2D eigenvalue weighted by Gasteiger charge is -2.31. The van der Waals surface area contributed by atoms with E-state index in [4.69, 9.17) is 0 Å². The van der Waals surface area contributed by atoms with E-state index in [0.29, 0.717) is 10.8 Å².